The van der Waals surface area contributed by atoms with E-state index in [4.69, 9.17) is 0 Å². The molecule has 2 rings (SSSR count). The van der Waals surface area contributed by atoms with Gasteiger partial charge in [-0.3, -0.25) is 0 Å². The van der Waals surface area contributed by atoms with E-state index in [0.717, 1.165) is 13.0 Å². The van der Waals surface area contributed by atoms with Crippen molar-refractivity contribution >= 4 is 11.8 Å². The molecule has 1 fully saturated rings. The van der Waals surface area contributed by atoms with E-state index >= 15 is 0 Å². The van der Waals surface area contributed by atoms with Crippen LogP contribution in [0.25, 0.3) is 0 Å². The molecule has 2 heterocycles. The Labute approximate surface area is 92.9 Å². The minimum atomic E-state index is -0.500. The van der Waals surface area contributed by atoms with Crippen LogP contribution >= 0.6 is 0 Å². The van der Waals surface area contributed by atoms with Gasteiger partial charge < -0.3 is 14.7 Å². The molecule has 6 heteroatoms. The number of aliphatic hydroxyl groups excluding tert-OH is 1. The first-order chi connectivity index (χ1) is 7.70. The average molecular weight is 223 g/mol. The molecule has 0 saturated carbocycles. The van der Waals surface area contributed by atoms with Crippen LogP contribution in [0.3, 0.4) is 0 Å². The number of anilines is 1. The van der Waals surface area contributed by atoms with Gasteiger partial charge >= 0.3 is 5.97 Å². The normalized spacial score (nSPS) is 19.9. The van der Waals surface area contributed by atoms with Crippen LogP contribution in [0.5, 0.6) is 0 Å². The number of hydrogen-bond donors (Lipinski definition) is 1. The fourth-order valence-electron chi connectivity index (χ4n) is 1.66. The quantitative estimate of drug-likeness (QED) is 0.702. The fourth-order valence-corrected chi connectivity index (χ4v) is 1.66. The second kappa shape index (κ2) is 4.44. The van der Waals surface area contributed by atoms with Crippen molar-refractivity contribution in [3.05, 3.63) is 17.8 Å². The van der Waals surface area contributed by atoms with Crippen LogP contribution < -0.4 is 4.90 Å². The topological polar surface area (TPSA) is 75.5 Å². The summed E-state index contributed by atoms with van der Waals surface area (Å²) in [5.41, 5.74) is 0.186. The molecule has 1 aliphatic heterocycles. The number of rotatable bonds is 2. The lowest BCUT2D eigenvalue weighted by atomic mass is 10.3. The van der Waals surface area contributed by atoms with Gasteiger partial charge in [0.05, 0.1) is 13.2 Å². The summed E-state index contributed by atoms with van der Waals surface area (Å²) in [7, 11) is 1.30. The lowest BCUT2D eigenvalue weighted by Gasteiger charge is -2.15. The van der Waals surface area contributed by atoms with E-state index in [9.17, 15) is 9.90 Å². The Balaban J connectivity index is 2.10. The Hall–Kier alpha value is -1.69. The lowest BCUT2D eigenvalue weighted by molar-refractivity contribution is 0.0592. The molecule has 0 amide bonds. The first-order valence-corrected chi connectivity index (χ1v) is 5.06. The molecule has 0 spiro atoms. The summed E-state index contributed by atoms with van der Waals surface area (Å²) in [6.07, 6.45) is 0.433. The molecule has 6 nitrogen and oxygen atoms in total. The summed E-state index contributed by atoms with van der Waals surface area (Å²) in [6, 6.07) is 3.27. The van der Waals surface area contributed by atoms with E-state index in [1.165, 1.54) is 7.11 Å². The molecule has 16 heavy (non-hydrogen) atoms. The van der Waals surface area contributed by atoms with Crippen LogP contribution in [0.4, 0.5) is 5.82 Å². The van der Waals surface area contributed by atoms with Crippen LogP contribution in [-0.4, -0.2) is 47.6 Å². The lowest BCUT2D eigenvalue weighted by Crippen LogP contribution is -2.22. The summed E-state index contributed by atoms with van der Waals surface area (Å²) < 4.78 is 4.52. The molecule has 0 radical (unpaired) electrons. The Morgan fingerprint density at radius 2 is 2.38 bits per heavy atom. The Morgan fingerprint density at radius 3 is 2.88 bits per heavy atom. The number of ether oxygens (including phenoxy) is 1. The molecule has 0 unspecified atom stereocenters. The van der Waals surface area contributed by atoms with E-state index in [1.807, 2.05) is 4.90 Å². The standard InChI is InChI=1S/C10H13N3O3/c1-16-10(15)8-2-3-9(12-11-8)13-5-4-7(14)6-13/h2-3,7,14H,4-6H2,1H3/t7-/m0/s1. The zero-order valence-corrected chi connectivity index (χ0v) is 8.96. The van der Waals surface area contributed by atoms with Crippen LogP contribution in [0.2, 0.25) is 0 Å². The number of carbonyl (C=O) groups excluding carboxylic acids is 1. The van der Waals surface area contributed by atoms with Crippen LogP contribution in [0.1, 0.15) is 16.9 Å². The first kappa shape index (κ1) is 10.8. The van der Waals surface area contributed by atoms with Crippen molar-refractivity contribution in [2.75, 3.05) is 25.1 Å². The molecule has 1 N–H and O–H groups in total. The monoisotopic (exact) mass is 223 g/mol. The SMILES string of the molecule is COC(=O)c1ccc(N2CC[C@H](O)C2)nn1. The number of aliphatic hydroxyl groups is 1. The molecular formula is C10H13N3O3. The predicted octanol–water partition coefficient (Wildman–Crippen LogP) is -0.166. The zero-order valence-electron chi connectivity index (χ0n) is 8.96. The third-order valence-electron chi connectivity index (χ3n) is 2.53. The number of carbonyl (C=O) groups is 1. The highest BCUT2D eigenvalue weighted by Crippen LogP contribution is 2.17. The van der Waals surface area contributed by atoms with Crippen LogP contribution in [0.15, 0.2) is 12.1 Å². The van der Waals surface area contributed by atoms with Gasteiger partial charge in [-0.15, -0.1) is 10.2 Å². The van der Waals surface area contributed by atoms with Gasteiger partial charge in [-0.25, -0.2) is 4.79 Å². The molecule has 1 atom stereocenters. The van der Waals surface area contributed by atoms with E-state index in [1.54, 1.807) is 12.1 Å². The zero-order chi connectivity index (χ0) is 11.5. The maximum atomic E-state index is 11.1. The van der Waals surface area contributed by atoms with Gasteiger partial charge in [-0.05, 0) is 18.6 Å². The summed E-state index contributed by atoms with van der Waals surface area (Å²) in [5.74, 6) is 0.171. The largest absolute Gasteiger partial charge is 0.464 e. The second-order valence-corrected chi connectivity index (χ2v) is 3.66. The summed E-state index contributed by atoms with van der Waals surface area (Å²) in [5, 5.41) is 17.1. The van der Waals surface area contributed by atoms with Crippen LogP contribution in [0, 0.1) is 0 Å². The van der Waals surface area contributed by atoms with Gasteiger partial charge in [0.15, 0.2) is 11.5 Å². The fraction of sp³-hybridized carbons (Fsp3) is 0.500. The maximum Gasteiger partial charge on any atom is 0.358 e. The van der Waals surface area contributed by atoms with Crippen molar-refractivity contribution in [1.82, 2.24) is 10.2 Å². The molecule has 1 saturated heterocycles. The Morgan fingerprint density at radius 1 is 1.56 bits per heavy atom. The Bertz CT molecular complexity index is 379. The van der Waals surface area contributed by atoms with Gasteiger partial charge in [-0.2, -0.15) is 0 Å². The van der Waals surface area contributed by atoms with Gasteiger partial charge in [0.2, 0.25) is 0 Å². The highest BCUT2D eigenvalue weighted by Gasteiger charge is 2.21. The van der Waals surface area contributed by atoms with Crippen molar-refractivity contribution in [3.8, 4) is 0 Å². The first-order valence-electron chi connectivity index (χ1n) is 5.06. The third-order valence-corrected chi connectivity index (χ3v) is 2.53. The highest BCUT2D eigenvalue weighted by molar-refractivity contribution is 5.86. The van der Waals surface area contributed by atoms with Gasteiger partial charge in [0.25, 0.3) is 0 Å². The molecule has 1 aromatic rings. The predicted molar refractivity (Wildman–Crippen MR) is 56.2 cm³/mol. The van der Waals surface area contributed by atoms with E-state index in [2.05, 4.69) is 14.9 Å². The van der Waals surface area contributed by atoms with Crippen LogP contribution in [-0.2, 0) is 4.74 Å². The number of esters is 1. The number of methoxy groups -OCH3 is 1. The van der Waals surface area contributed by atoms with Crippen molar-refractivity contribution in [1.29, 1.82) is 0 Å². The second-order valence-electron chi connectivity index (χ2n) is 3.66. The number of nitrogens with zero attached hydrogens (tertiary/aromatic N) is 3. The molecular weight excluding hydrogens is 210 g/mol. The average Bonchev–Trinajstić information content (AvgIpc) is 2.75. The van der Waals surface area contributed by atoms with Crippen molar-refractivity contribution in [2.24, 2.45) is 0 Å². The van der Waals surface area contributed by atoms with Crippen molar-refractivity contribution in [2.45, 2.75) is 12.5 Å². The van der Waals surface area contributed by atoms with E-state index in [0.29, 0.717) is 12.4 Å². The van der Waals surface area contributed by atoms with Gasteiger partial charge in [0, 0.05) is 13.1 Å². The van der Waals surface area contributed by atoms with Gasteiger partial charge in [-0.1, -0.05) is 0 Å². The summed E-state index contributed by atoms with van der Waals surface area (Å²) in [6.45, 7) is 1.32. The minimum absolute atomic E-state index is 0.186. The van der Waals surface area contributed by atoms with Crippen molar-refractivity contribution < 1.29 is 14.6 Å². The summed E-state index contributed by atoms with van der Waals surface area (Å²) in [4.78, 5) is 13.0. The van der Waals surface area contributed by atoms with E-state index < -0.39 is 5.97 Å². The maximum absolute atomic E-state index is 11.1. The van der Waals surface area contributed by atoms with Gasteiger partial charge in [0.1, 0.15) is 0 Å². The molecule has 0 aromatic carbocycles. The third kappa shape index (κ3) is 2.11. The highest BCUT2D eigenvalue weighted by atomic mass is 16.5. The molecule has 1 aromatic heterocycles. The number of β-amino-alcohol motifs (C(OH)–C–C–N with tert-alkyl or cyclic N) is 1. The number of hydrogen-bond acceptors (Lipinski definition) is 6. The van der Waals surface area contributed by atoms with Crippen molar-refractivity contribution in [3.63, 3.8) is 0 Å². The van der Waals surface area contributed by atoms with E-state index in [-0.39, 0.29) is 11.8 Å². The molecule has 1 aliphatic rings. The molecule has 0 bridgehead atoms. The summed E-state index contributed by atoms with van der Waals surface area (Å²) >= 11 is 0. The molecule has 0 aliphatic carbocycles. The Kier molecular flexibility index (Phi) is 3.00. The smallest absolute Gasteiger partial charge is 0.358 e. The minimum Gasteiger partial charge on any atom is -0.464 e. The number of aromatic nitrogens is 2. The molecule has 86 valence electrons.